The Balaban J connectivity index is 1.89. The second kappa shape index (κ2) is 4.53. The average molecular weight is 246 g/mol. The smallest absolute Gasteiger partial charge is 0.204 e. The molecule has 0 spiro atoms. The Morgan fingerprint density at radius 2 is 2.06 bits per heavy atom. The van der Waals surface area contributed by atoms with E-state index in [1.807, 2.05) is 10.6 Å². The summed E-state index contributed by atoms with van der Waals surface area (Å²) >= 11 is 0. The predicted octanol–water partition coefficient (Wildman–Crippen LogP) is 1.71. The number of hydrazine groups is 1. The highest BCUT2D eigenvalue weighted by Gasteiger charge is 2.25. The molecule has 2 aromatic heterocycles. The van der Waals surface area contributed by atoms with E-state index in [9.17, 15) is 0 Å². The quantitative estimate of drug-likeness (QED) is 0.874. The molecule has 6 nitrogen and oxygen atoms in total. The second-order valence-electron chi connectivity index (χ2n) is 4.99. The molecular weight excluding hydrogens is 228 g/mol. The van der Waals surface area contributed by atoms with E-state index in [1.165, 1.54) is 19.3 Å². The Bertz CT molecular complexity index is 526. The number of piperidine rings is 1. The minimum Gasteiger partial charge on any atom is -0.299 e. The van der Waals surface area contributed by atoms with Crippen LogP contribution in [0.4, 0.5) is 5.82 Å². The van der Waals surface area contributed by atoms with Gasteiger partial charge in [0.25, 0.3) is 0 Å². The highest BCUT2D eigenvalue weighted by molar-refractivity contribution is 5.60. The number of hydrogen-bond acceptors (Lipinski definition) is 5. The maximum Gasteiger partial charge on any atom is 0.204 e. The number of rotatable bonds is 2. The summed E-state index contributed by atoms with van der Waals surface area (Å²) in [5.74, 6) is 0.774. The molecular formula is C12H18N6. The van der Waals surface area contributed by atoms with Gasteiger partial charge in [-0.05, 0) is 26.7 Å². The number of aromatic nitrogens is 4. The topological polar surface area (TPSA) is 58.4 Å². The lowest BCUT2D eigenvalue weighted by Crippen LogP contribution is -2.47. The summed E-state index contributed by atoms with van der Waals surface area (Å²) in [7, 11) is 0. The zero-order valence-electron chi connectivity index (χ0n) is 10.7. The number of anilines is 1. The molecule has 1 aliphatic heterocycles. The van der Waals surface area contributed by atoms with E-state index in [-0.39, 0.29) is 0 Å². The number of nitrogens with one attached hydrogen (secondary N) is 1. The Kier molecular flexibility index (Phi) is 2.87. The summed E-state index contributed by atoms with van der Waals surface area (Å²) in [5.41, 5.74) is 4.17. The van der Waals surface area contributed by atoms with Gasteiger partial charge in [0.05, 0.1) is 0 Å². The van der Waals surface area contributed by atoms with Gasteiger partial charge in [-0.1, -0.05) is 6.42 Å². The molecule has 0 saturated carbocycles. The maximum atomic E-state index is 4.37. The molecule has 18 heavy (non-hydrogen) atoms. The van der Waals surface area contributed by atoms with E-state index in [4.69, 9.17) is 0 Å². The summed E-state index contributed by atoms with van der Waals surface area (Å²) in [5, 5.41) is 10.3. The van der Waals surface area contributed by atoms with Crippen LogP contribution in [0.1, 0.15) is 33.1 Å². The zero-order chi connectivity index (χ0) is 12.5. The lowest BCUT2D eigenvalue weighted by molar-refractivity contribution is 0.135. The molecule has 1 fully saturated rings. The van der Waals surface area contributed by atoms with Crippen LogP contribution in [0.2, 0.25) is 0 Å². The largest absolute Gasteiger partial charge is 0.299 e. The lowest BCUT2D eigenvalue weighted by atomic mass is 10.00. The number of fused-ring (bicyclic) bond motifs is 1. The highest BCUT2D eigenvalue weighted by Crippen LogP contribution is 2.23. The van der Waals surface area contributed by atoms with Crippen molar-refractivity contribution in [2.75, 3.05) is 5.43 Å². The normalized spacial score (nSPS) is 25.4. The first kappa shape index (κ1) is 11.4. The van der Waals surface area contributed by atoms with Gasteiger partial charge in [-0.2, -0.15) is 0 Å². The van der Waals surface area contributed by atoms with Gasteiger partial charge in [0.2, 0.25) is 5.65 Å². The van der Waals surface area contributed by atoms with Crippen LogP contribution in [-0.4, -0.2) is 36.7 Å². The molecule has 2 unspecified atom stereocenters. The molecule has 1 aliphatic rings. The van der Waals surface area contributed by atoms with Gasteiger partial charge in [-0.15, -0.1) is 10.2 Å². The van der Waals surface area contributed by atoms with Gasteiger partial charge in [0.1, 0.15) is 6.33 Å². The van der Waals surface area contributed by atoms with Gasteiger partial charge in [0, 0.05) is 24.5 Å². The van der Waals surface area contributed by atoms with Crippen molar-refractivity contribution in [1.82, 2.24) is 24.6 Å². The molecule has 6 heteroatoms. The summed E-state index contributed by atoms with van der Waals surface area (Å²) in [6.07, 6.45) is 9.02. The van der Waals surface area contributed by atoms with Crippen LogP contribution in [0.15, 0.2) is 18.7 Å². The van der Waals surface area contributed by atoms with Crippen LogP contribution in [0.5, 0.6) is 0 Å². The van der Waals surface area contributed by atoms with E-state index in [1.54, 1.807) is 12.5 Å². The van der Waals surface area contributed by atoms with Crippen LogP contribution in [0.25, 0.3) is 5.65 Å². The van der Waals surface area contributed by atoms with E-state index in [0.717, 1.165) is 11.5 Å². The van der Waals surface area contributed by atoms with Gasteiger partial charge in [-0.25, -0.2) is 9.99 Å². The summed E-state index contributed by atoms with van der Waals surface area (Å²) in [6, 6.07) is 1.03. The summed E-state index contributed by atoms with van der Waals surface area (Å²) in [6.45, 7) is 4.49. The molecule has 2 atom stereocenters. The summed E-state index contributed by atoms with van der Waals surface area (Å²) in [4.78, 5) is 4.37. The van der Waals surface area contributed by atoms with E-state index in [2.05, 4.69) is 39.5 Å². The monoisotopic (exact) mass is 246 g/mol. The first-order chi connectivity index (χ1) is 8.75. The second-order valence-corrected chi connectivity index (χ2v) is 4.99. The Hall–Kier alpha value is -1.69. The van der Waals surface area contributed by atoms with Crippen molar-refractivity contribution >= 4 is 11.5 Å². The standard InChI is InChI=1S/C12H18N6/c1-9-4-3-5-10(2)18(9)16-11-12-15-14-8-17(12)7-6-13-11/h6-10H,3-5H2,1-2H3,(H,13,16). The molecule has 0 radical (unpaired) electrons. The van der Waals surface area contributed by atoms with Crippen molar-refractivity contribution in [2.45, 2.75) is 45.2 Å². The van der Waals surface area contributed by atoms with Gasteiger partial charge in [0.15, 0.2) is 5.82 Å². The summed E-state index contributed by atoms with van der Waals surface area (Å²) < 4.78 is 1.87. The molecule has 1 saturated heterocycles. The van der Waals surface area contributed by atoms with Crippen molar-refractivity contribution in [3.8, 4) is 0 Å². The van der Waals surface area contributed by atoms with Crippen LogP contribution in [0, 0.1) is 0 Å². The van der Waals surface area contributed by atoms with E-state index >= 15 is 0 Å². The lowest BCUT2D eigenvalue weighted by Gasteiger charge is -2.38. The molecule has 0 aliphatic carbocycles. The zero-order valence-corrected chi connectivity index (χ0v) is 10.7. The third-order valence-corrected chi connectivity index (χ3v) is 3.64. The molecule has 3 heterocycles. The van der Waals surface area contributed by atoms with Crippen LogP contribution < -0.4 is 5.43 Å². The minimum atomic E-state index is 0.513. The SMILES string of the molecule is CC1CCCC(C)N1Nc1nccn2cnnc12. The molecule has 96 valence electrons. The van der Waals surface area contributed by atoms with Crippen molar-refractivity contribution in [3.63, 3.8) is 0 Å². The molecule has 0 aromatic carbocycles. The van der Waals surface area contributed by atoms with Crippen molar-refractivity contribution in [3.05, 3.63) is 18.7 Å². The van der Waals surface area contributed by atoms with Gasteiger partial charge in [-0.3, -0.25) is 9.83 Å². The van der Waals surface area contributed by atoms with Gasteiger partial charge >= 0.3 is 0 Å². The molecule has 3 rings (SSSR count). The van der Waals surface area contributed by atoms with Gasteiger partial charge < -0.3 is 0 Å². The molecule has 0 bridgehead atoms. The third kappa shape index (κ3) is 1.92. The first-order valence-electron chi connectivity index (χ1n) is 6.45. The Morgan fingerprint density at radius 1 is 1.28 bits per heavy atom. The van der Waals surface area contributed by atoms with Crippen molar-refractivity contribution in [1.29, 1.82) is 0 Å². The first-order valence-corrected chi connectivity index (χ1v) is 6.45. The maximum absolute atomic E-state index is 4.37. The van der Waals surface area contributed by atoms with E-state index in [0.29, 0.717) is 12.1 Å². The predicted molar refractivity (Wildman–Crippen MR) is 69.0 cm³/mol. The van der Waals surface area contributed by atoms with Crippen LogP contribution in [-0.2, 0) is 0 Å². The minimum absolute atomic E-state index is 0.513. The Morgan fingerprint density at radius 3 is 2.83 bits per heavy atom. The molecule has 2 aromatic rings. The molecule has 0 amide bonds. The molecule has 1 N–H and O–H groups in total. The fourth-order valence-electron chi connectivity index (χ4n) is 2.60. The van der Waals surface area contributed by atoms with E-state index < -0.39 is 0 Å². The Labute approximate surface area is 106 Å². The number of hydrogen-bond donors (Lipinski definition) is 1. The van der Waals surface area contributed by atoms with Crippen molar-refractivity contribution < 1.29 is 0 Å². The average Bonchev–Trinajstić information content (AvgIpc) is 2.83. The number of nitrogens with zero attached hydrogens (tertiary/aromatic N) is 5. The van der Waals surface area contributed by atoms with Crippen LogP contribution in [0.3, 0.4) is 0 Å². The fourth-order valence-corrected chi connectivity index (χ4v) is 2.60. The highest BCUT2D eigenvalue weighted by atomic mass is 15.6. The third-order valence-electron chi connectivity index (χ3n) is 3.64. The fraction of sp³-hybridized carbons (Fsp3) is 0.583. The van der Waals surface area contributed by atoms with Crippen LogP contribution >= 0.6 is 0 Å². The van der Waals surface area contributed by atoms with Crippen molar-refractivity contribution in [2.24, 2.45) is 0 Å².